The second-order valence-electron chi connectivity index (χ2n) is 19.7. The highest BCUT2D eigenvalue weighted by molar-refractivity contribution is 5.96. The lowest BCUT2D eigenvalue weighted by Crippen LogP contribution is -2.60. The third-order valence-corrected chi connectivity index (χ3v) is 13.1. The largest absolute Gasteiger partial charge is 0.480 e. The number of nitrogens with zero attached hydrogens (tertiary/aromatic N) is 5. The standard InChI is InChI=1S/C50H69N7O7/c1-9-56-43-19-18-35(34-15-12-14-33(24-34)25-42(52-48(62)64-49(3,4)5)46(59)57-21-13-17-41(53-57)47(60)61)26-38(43)40(28-50(6,7)31-58)45(56)39-27-37(29-51-44(39)32(2)63-8)55-23-22-54-20-11-10-16-36(54)30-55/h12,14-15,18-19,24,26-27,29,32,36,41-42,53,58H,9-11,13,16-17,20-23,25,28,30-31H2,1-8H3,(H,52,62)(H,60,61)/t32?,36-,41+,42?/m1/s1. The molecule has 5 heterocycles. The molecule has 3 fully saturated rings. The highest BCUT2D eigenvalue weighted by Crippen LogP contribution is 2.43. The van der Waals surface area contributed by atoms with Gasteiger partial charge in [0.25, 0.3) is 5.91 Å². The molecule has 4 aromatic rings. The van der Waals surface area contributed by atoms with Crippen molar-refractivity contribution in [1.82, 2.24) is 30.2 Å². The van der Waals surface area contributed by atoms with Crippen molar-refractivity contribution in [3.8, 4) is 22.4 Å². The van der Waals surface area contributed by atoms with Crippen molar-refractivity contribution in [2.75, 3.05) is 51.3 Å². The summed E-state index contributed by atoms with van der Waals surface area (Å²) in [4.78, 5) is 49.3. The number of aryl methyl sites for hydroxylation is 1. The topological polar surface area (TPSA) is 162 Å². The molecule has 3 saturated heterocycles. The van der Waals surface area contributed by atoms with E-state index in [1.807, 2.05) is 37.4 Å². The summed E-state index contributed by atoms with van der Waals surface area (Å²) in [6, 6.07) is 15.4. The number of methoxy groups -OCH3 is 1. The van der Waals surface area contributed by atoms with Crippen LogP contribution in [0.1, 0.15) is 103 Å². The Morgan fingerprint density at radius 2 is 1.75 bits per heavy atom. The van der Waals surface area contributed by atoms with E-state index in [9.17, 15) is 24.6 Å². The molecule has 3 aliphatic rings. The maximum Gasteiger partial charge on any atom is 0.408 e. The monoisotopic (exact) mass is 880 g/mol. The molecular formula is C50H69N7O7. The Labute approximate surface area is 378 Å². The number of piperazine rings is 1. The van der Waals surface area contributed by atoms with Gasteiger partial charge in [-0.05, 0) is 119 Å². The van der Waals surface area contributed by atoms with E-state index >= 15 is 0 Å². The Hall–Kier alpha value is -5.02. The van der Waals surface area contributed by atoms with Crippen molar-refractivity contribution in [3.05, 3.63) is 71.5 Å². The SMILES string of the molecule is CCn1c(-c2cc(N3CCN4CCCC[C@@H]4C3)cnc2C(C)OC)c(CC(C)(C)CO)c2cc(-c3cccc(CC(NC(=O)OC(C)(C)C)C(=O)N4CCC[C@@H](C(=O)O)N4)c3)ccc21. The van der Waals surface area contributed by atoms with Gasteiger partial charge in [-0.25, -0.2) is 10.2 Å². The maximum atomic E-state index is 14.0. The Kier molecular flexibility index (Phi) is 14.4. The van der Waals surface area contributed by atoms with E-state index in [1.165, 1.54) is 30.8 Å². The minimum atomic E-state index is -1.04. The van der Waals surface area contributed by atoms with Crippen LogP contribution in [0, 0.1) is 5.41 Å². The minimum absolute atomic E-state index is 0.0133. The molecule has 2 unspecified atom stereocenters. The number of amides is 2. The summed E-state index contributed by atoms with van der Waals surface area (Å²) in [6.07, 6.45) is 6.47. The molecule has 7 rings (SSSR count). The summed E-state index contributed by atoms with van der Waals surface area (Å²) < 4.78 is 13.9. The number of aromatic nitrogens is 2. The van der Waals surface area contributed by atoms with Crippen molar-refractivity contribution >= 4 is 34.6 Å². The molecule has 3 aliphatic heterocycles. The van der Waals surface area contributed by atoms with Gasteiger partial charge in [0.1, 0.15) is 17.7 Å². The van der Waals surface area contributed by atoms with Crippen molar-refractivity contribution in [2.24, 2.45) is 5.41 Å². The molecule has 4 atom stereocenters. The number of hydrogen-bond acceptors (Lipinski definition) is 10. The molecule has 2 aromatic heterocycles. The molecule has 64 heavy (non-hydrogen) atoms. The van der Waals surface area contributed by atoms with Crippen LogP contribution >= 0.6 is 0 Å². The number of carbonyl (C=O) groups excluding carboxylic acids is 2. The predicted molar refractivity (Wildman–Crippen MR) is 250 cm³/mol. The lowest BCUT2D eigenvalue weighted by Gasteiger charge is -2.45. The molecular weight excluding hydrogens is 811 g/mol. The normalized spacial score (nSPS) is 19.6. The number of fused-ring (bicyclic) bond motifs is 2. The summed E-state index contributed by atoms with van der Waals surface area (Å²) in [7, 11) is 1.73. The fraction of sp³-hybridized carbons (Fsp3) is 0.560. The summed E-state index contributed by atoms with van der Waals surface area (Å²) in [5.41, 5.74) is 10.7. The van der Waals surface area contributed by atoms with Crippen molar-refractivity contribution in [1.29, 1.82) is 0 Å². The van der Waals surface area contributed by atoms with Crippen LogP contribution in [0.5, 0.6) is 0 Å². The van der Waals surface area contributed by atoms with Gasteiger partial charge >= 0.3 is 12.1 Å². The average Bonchev–Trinajstić information content (AvgIpc) is 3.58. The number of carboxylic acids is 1. The van der Waals surface area contributed by atoms with Crippen LogP contribution in [0.2, 0.25) is 0 Å². The molecule has 2 aromatic carbocycles. The number of hydrogen-bond donors (Lipinski definition) is 4. The van der Waals surface area contributed by atoms with Crippen LogP contribution in [-0.4, -0.2) is 118 Å². The van der Waals surface area contributed by atoms with E-state index in [0.29, 0.717) is 38.4 Å². The van der Waals surface area contributed by atoms with Gasteiger partial charge in [-0.3, -0.25) is 24.5 Å². The van der Waals surface area contributed by atoms with Gasteiger partial charge in [0, 0.05) is 75.4 Å². The number of anilines is 1. The van der Waals surface area contributed by atoms with Crippen molar-refractivity contribution in [2.45, 2.75) is 130 Å². The first kappa shape index (κ1) is 47.0. The molecule has 14 heteroatoms. The van der Waals surface area contributed by atoms with E-state index in [-0.39, 0.29) is 19.1 Å². The van der Waals surface area contributed by atoms with Gasteiger partial charge in [0.15, 0.2) is 0 Å². The highest BCUT2D eigenvalue weighted by atomic mass is 16.6. The molecule has 346 valence electrons. The number of aliphatic hydroxyl groups is 1. The molecule has 0 aliphatic carbocycles. The number of alkyl carbamates (subject to hydrolysis) is 1. The second kappa shape index (κ2) is 19.6. The van der Waals surface area contributed by atoms with E-state index in [2.05, 4.69) is 70.1 Å². The van der Waals surface area contributed by atoms with E-state index < -0.39 is 41.1 Å². The van der Waals surface area contributed by atoms with Crippen LogP contribution in [0.25, 0.3) is 33.3 Å². The van der Waals surface area contributed by atoms with Crippen LogP contribution in [0.15, 0.2) is 54.7 Å². The number of hydrazine groups is 1. The average molecular weight is 880 g/mol. The second-order valence-corrected chi connectivity index (χ2v) is 19.7. The fourth-order valence-electron chi connectivity index (χ4n) is 9.68. The first-order valence-electron chi connectivity index (χ1n) is 23.2. The van der Waals surface area contributed by atoms with Crippen molar-refractivity contribution < 1.29 is 34.1 Å². The molecule has 0 radical (unpaired) electrons. The quantitative estimate of drug-likeness (QED) is 0.100. The van der Waals surface area contributed by atoms with Gasteiger partial charge in [-0.15, -0.1) is 0 Å². The number of pyridine rings is 1. The number of benzene rings is 2. The number of rotatable bonds is 14. The van der Waals surface area contributed by atoms with Crippen LogP contribution in [0.4, 0.5) is 10.5 Å². The molecule has 0 bridgehead atoms. The van der Waals surface area contributed by atoms with Gasteiger partial charge in [0.05, 0.1) is 29.4 Å². The smallest absolute Gasteiger partial charge is 0.408 e. The summed E-state index contributed by atoms with van der Waals surface area (Å²) in [5.74, 6) is -1.48. The number of aliphatic hydroxyl groups excluding tert-OH is 1. The number of piperidine rings is 1. The Morgan fingerprint density at radius 1 is 0.969 bits per heavy atom. The van der Waals surface area contributed by atoms with E-state index in [0.717, 1.165) is 75.4 Å². The number of carboxylic acid groups (broad SMARTS) is 1. The molecule has 14 nitrogen and oxygen atoms in total. The fourth-order valence-corrected chi connectivity index (χ4v) is 9.68. The zero-order valence-electron chi connectivity index (χ0n) is 39.1. The Balaban J connectivity index is 1.29. The number of carbonyl (C=O) groups is 3. The number of ether oxygens (including phenoxy) is 2. The third kappa shape index (κ3) is 10.6. The molecule has 0 saturated carbocycles. The molecule has 2 amide bonds. The summed E-state index contributed by atoms with van der Waals surface area (Å²) in [6.45, 7) is 18.9. The maximum absolute atomic E-state index is 14.0. The summed E-state index contributed by atoms with van der Waals surface area (Å²) in [5, 5.41) is 25.6. The number of nitrogens with one attached hydrogen (secondary N) is 2. The zero-order chi connectivity index (χ0) is 45.9. The van der Waals surface area contributed by atoms with Crippen LogP contribution < -0.4 is 15.6 Å². The number of aliphatic carboxylic acids is 1. The van der Waals surface area contributed by atoms with Crippen LogP contribution in [0.3, 0.4) is 0 Å². The Morgan fingerprint density at radius 3 is 2.47 bits per heavy atom. The highest BCUT2D eigenvalue weighted by Gasteiger charge is 2.35. The molecule has 4 N–H and O–H groups in total. The Bertz CT molecular complexity index is 2320. The first-order valence-corrected chi connectivity index (χ1v) is 23.2. The van der Waals surface area contributed by atoms with E-state index in [4.69, 9.17) is 14.5 Å². The lowest BCUT2D eigenvalue weighted by molar-refractivity contribution is -0.147. The predicted octanol–water partition coefficient (Wildman–Crippen LogP) is 7.35. The molecule has 0 spiro atoms. The lowest BCUT2D eigenvalue weighted by atomic mass is 9.84. The van der Waals surface area contributed by atoms with Gasteiger partial charge in [0.2, 0.25) is 0 Å². The van der Waals surface area contributed by atoms with Crippen LogP contribution in [-0.2, 0) is 38.4 Å². The van der Waals surface area contributed by atoms with Crippen molar-refractivity contribution in [3.63, 3.8) is 0 Å². The van der Waals surface area contributed by atoms with E-state index in [1.54, 1.807) is 27.9 Å². The summed E-state index contributed by atoms with van der Waals surface area (Å²) >= 11 is 0. The first-order chi connectivity index (χ1) is 30.5. The third-order valence-electron chi connectivity index (χ3n) is 13.1. The van der Waals surface area contributed by atoms with Gasteiger partial charge in [-0.1, -0.05) is 50.6 Å². The van der Waals surface area contributed by atoms with Gasteiger partial charge in [-0.2, -0.15) is 0 Å². The zero-order valence-corrected chi connectivity index (χ0v) is 39.1. The minimum Gasteiger partial charge on any atom is -0.480 e. The van der Waals surface area contributed by atoms with Gasteiger partial charge < -0.3 is 34.5 Å².